The van der Waals surface area contributed by atoms with Crippen LogP contribution in [0.25, 0.3) is 0 Å². The van der Waals surface area contributed by atoms with Gasteiger partial charge in [0, 0.05) is 12.0 Å². The Labute approximate surface area is 90.2 Å². The number of nitrogens with zero attached hydrogens (tertiary/aromatic N) is 3. The molecule has 0 aliphatic heterocycles. The summed E-state index contributed by atoms with van der Waals surface area (Å²) in [4.78, 5) is 15.7. The number of aromatic amines is 1. The molecule has 0 bridgehead atoms. The number of hydrogen-bond donors (Lipinski definition) is 2. The molecule has 0 radical (unpaired) electrons. The van der Waals surface area contributed by atoms with Gasteiger partial charge in [-0.3, -0.25) is 9.89 Å². The minimum Gasteiger partial charge on any atom is -0.363 e. The maximum Gasteiger partial charge on any atom is 0.296 e. The smallest absolute Gasteiger partial charge is 0.296 e. The molecule has 7 heteroatoms. The van der Waals surface area contributed by atoms with Crippen LogP contribution in [-0.4, -0.2) is 26.2 Å². The highest BCUT2D eigenvalue weighted by atomic mass is 16.5. The highest BCUT2D eigenvalue weighted by Gasteiger charge is 2.28. The molecule has 0 atom stereocenters. The first-order chi connectivity index (χ1) is 7.83. The number of carbonyl (C=O) groups excluding carboxylic acids is 1. The highest BCUT2D eigenvalue weighted by Crippen LogP contribution is 2.37. The Kier molecular flexibility index (Phi) is 1.95. The van der Waals surface area contributed by atoms with Gasteiger partial charge >= 0.3 is 0 Å². The van der Waals surface area contributed by atoms with Gasteiger partial charge in [-0.2, -0.15) is 0 Å². The zero-order valence-corrected chi connectivity index (χ0v) is 8.30. The molecule has 16 heavy (non-hydrogen) atoms. The second-order valence-corrected chi connectivity index (χ2v) is 3.66. The summed E-state index contributed by atoms with van der Waals surface area (Å²) < 4.78 is 4.59. The minimum atomic E-state index is -0.392. The van der Waals surface area contributed by atoms with Crippen molar-refractivity contribution in [2.75, 3.05) is 5.32 Å². The lowest BCUT2D eigenvalue weighted by molar-refractivity contribution is 0.101. The standard InChI is InChI=1S/C9H9N5O2/c15-9(10-6-3-4-16-14-6)8-11-7(12-13-8)5-1-2-5/h3-5H,1-2H2,(H,10,14,15)(H,11,12,13). The van der Waals surface area contributed by atoms with Crippen LogP contribution in [-0.2, 0) is 0 Å². The van der Waals surface area contributed by atoms with Crippen LogP contribution in [0.5, 0.6) is 0 Å². The zero-order valence-electron chi connectivity index (χ0n) is 8.30. The molecule has 2 aromatic rings. The Bertz CT molecular complexity index is 500. The number of rotatable bonds is 3. The van der Waals surface area contributed by atoms with Crippen LogP contribution >= 0.6 is 0 Å². The van der Waals surface area contributed by atoms with Gasteiger partial charge in [-0.25, -0.2) is 4.98 Å². The maximum absolute atomic E-state index is 11.6. The SMILES string of the molecule is O=C(Nc1ccon1)c1n[nH]c(C2CC2)n1. The van der Waals surface area contributed by atoms with Gasteiger partial charge in [0.05, 0.1) is 0 Å². The lowest BCUT2D eigenvalue weighted by Gasteiger charge is -1.94. The predicted octanol–water partition coefficient (Wildman–Crippen LogP) is 0.922. The summed E-state index contributed by atoms with van der Waals surface area (Å²) in [6.07, 6.45) is 3.60. The van der Waals surface area contributed by atoms with Crippen molar-refractivity contribution >= 4 is 11.7 Å². The first-order valence-electron chi connectivity index (χ1n) is 4.97. The van der Waals surface area contributed by atoms with Crippen molar-refractivity contribution in [2.45, 2.75) is 18.8 Å². The van der Waals surface area contributed by atoms with Gasteiger partial charge in [0.1, 0.15) is 12.1 Å². The predicted molar refractivity (Wildman–Crippen MR) is 52.8 cm³/mol. The number of anilines is 1. The normalized spacial score (nSPS) is 15.0. The summed E-state index contributed by atoms with van der Waals surface area (Å²) in [5.41, 5.74) is 0. The molecule has 1 saturated carbocycles. The van der Waals surface area contributed by atoms with Gasteiger partial charge in [-0.1, -0.05) is 5.16 Å². The van der Waals surface area contributed by atoms with Crippen molar-refractivity contribution in [2.24, 2.45) is 0 Å². The minimum absolute atomic E-state index is 0.130. The molecule has 0 saturated heterocycles. The first kappa shape index (κ1) is 9.08. The van der Waals surface area contributed by atoms with Crippen molar-refractivity contribution in [3.05, 3.63) is 24.0 Å². The quantitative estimate of drug-likeness (QED) is 0.800. The molecule has 1 fully saturated rings. The van der Waals surface area contributed by atoms with Crippen LogP contribution in [0.4, 0.5) is 5.82 Å². The molecular formula is C9H9N5O2. The lowest BCUT2D eigenvalue weighted by Crippen LogP contribution is -2.13. The second-order valence-electron chi connectivity index (χ2n) is 3.66. The molecule has 82 valence electrons. The van der Waals surface area contributed by atoms with Crippen LogP contribution in [0.1, 0.15) is 35.2 Å². The van der Waals surface area contributed by atoms with E-state index in [-0.39, 0.29) is 5.82 Å². The number of hydrogen-bond acceptors (Lipinski definition) is 5. The van der Waals surface area contributed by atoms with E-state index in [9.17, 15) is 4.79 Å². The van der Waals surface area contributed by atoms with Crippen LogP contribution in [0, 0.1) is 0 Å². The van der Waals surface area contributed by atoms with Crippen molar-refractivity contribution in [3.8, 4) is 0 Å². The molecule has 7 nitrogen and oxygen atoms in total. The molecule has 1 amide bonds. The van der Waals surface area contributed by atoms with Crippen LogP contribution in [0.15, 0.2) is 16.9 Å². The second kappa shape index (κ2) is 3.44. The van der Waals surface area contributed by atoms with Crippen molar-refractivity contribution in [3.63, 3.8) is 0 Å². The molecule has 2 aromatic heterocycles. The summed E-state index contributed by atoms with van der Waals surface area (Å²) >= 11 is 0. The van der Waals surface area contributed by atoms with Gasteiger partial charge in [0.2, 0.25) is 5.82 Å². The monoisotopic (exact) mass is 219 g/mol. The Morgan fingerprint density at radius 2 is 2.44 bits per heavy atom. The third kappa shape index (κ3) is 1.67. The molecule has 1 aliphatic rings. The van der Waals surface area contributed by atoms with E-state index in [0.717, 1.165) is 18.7 Å². The van der Waals surface area contributed by atoms with E-state index < -0.39 is 5.91 Å². The zero-order chi connectivity index (χ0) is 11.0. The topological polar surface area (TPSA) is 96.7 Å². The summed E-state index contributed by atoms with van der Waals surface area (Å²) in [5.74, 6) is 1.32. The summed E-state index contributed by atoms with van der Waals surface area (Å²) in [5, 5.41) is 12.7. The number of aromatic nitrogens is 4. The van der Waals surface area contributed by atoms with E-state index in [4.69, 9.17) is 0 Å². The molecule has 0 aromatic carbocycles. The van der Waals surface area contributed by atoms with E-state index in [0.29, 0.717) is 11.7 Å². The third-order valence-corrected chi connectivity index (χ3v) is 2.35. The van der Waals surface area contributed by atoms with Gasteiger partial charge in [0.25, 0.3) is 5.91 Å². The number of carbonyl (C=O) groups is 1. The average Bonchev–Trinajstić information content (AvgIpc) is 2.82. The van der Waals surface area contributed by atoms with E-state index >= 15 is 0 Å². The molecule has 2 heterocycles. The largest absolute Gasteiger partial charge is 0.363 e. The van der Waals surface area contributed by atoms with Crippen LogP contribution in [0.2, 0.25) is 0 Å². The third-order valence-electron chi connectivity index (χ3n) is 2.35. The Morgan fingerprint density at radius 1 is 1.56 bits per heavy atom. The molecule has 3 rings (SSSR count). The number of amides is 1. The fourth-order valence-electron chi connectivity index (χ4n) is 1.36. The molecule has 0 spiro atoms. The Balaban J connectivity index is 1.73. The van der Waals surface area contributed by atoms with Crippen molar-refractivity contribution in [1.82, 2.24) is 20.3 Å². The fraction of sp³-hybridized carbons (Fsp3) is 0.333. The van der Waals surface area contributed by atoms with E-state index in [1.165, 1.54) is 6.26 Å². The lowest BCUT2D eigenvalue weighted by atomic mass is 10.4. The van der Waals surface area contributed by atoms with Crippen molar-refractivity contribution < 1.29 is 9.32 Å². The highest BCUT2D eigenvalue weighted by molar-refractivity contribution is 6.00. The van der Waals surface area contributed by atoms with Gasteiger partial charge < -0.3 is 9.84 Å². The van der Waals surface area contributed by atoms with Gasteiger partial charge in [-0.05, 0) is 12.8 Å². The summed E-state index contributed by atoms with van der Waals surface area (Å²) in [6.45, 7) is 0. The molecule has 0 unspecified atom stereocenters. The van der Waals surface area contributed by atoms with Gasteiger partial charge in [-0.15, -0.1) is 5.10 Å². The van der Waals surface area contributed by atoms with E-state index in [1.807, 2.05) is 0 Å². The summed E-state index contributed by atoms with van der Waals surface area (Å²) in [6, 6.07) is 1.55. The Hall–Kier alpha value is -2.18. The first-order valence-corrected chi connectivity index (χ1v) is 4.97. The molecule has 1 aliphatic carbocycles. The summed E-state index contributed by atoms with van der Waals surface area (Å²) in [7, 11) is 0. The number of nitrogens with one attached hydrogen (secondary N) is 2. The van der Waals surface area contributed by atoms with Crippen LogP contribution in [0.3, 0.4) is 0 Å². The number of H-pyrrole nitrogens is 1. The average molecular weight is 219 g/mol. The van der Waals surface area contributed by atoms with Crippen LogP contribution < -0.4 is 5.32 Å². The van der Waals surface area contributed by atoms with Crippen molar-refractivity contribution in [1.29, 1.82) is 0 Å². The fourth-order valence-corrected chi connectivity index (χ4v) is 1.36. The molecule has 2 N–H and O–H groups in total. The van der Waals surface area contributed by atoms with E-state index in [2.05, 4.69) is 30.2 Å². The Morgan fingerprint density at radius 3 is 3.12 bits per heavy atom. The molecular weight excluding hydrogens is 210 g/mol. The maximum atomic E-state index is 11.6. The van der Waals surface area contributed by atoms with Gasteiger partial charge in [0.15, 0.2) is 5.82 Å². The van der Waals surface area contributed by atoms with E-state index in [1.54, 1.807) is 6.07 Å².